The molecular formula is C21H27N3O. The molecule has 0 saturated carbocycles. The molecule has 0 spiro atoms. The fraction of sp³-hybridized carbons (Fsp3) is 0.381. The lowest BCUT2D eigenvalue weighted by atomic mass is 10.0. The SMILES string of the molecule is CN1CCN(CCCNC(=O)/C=C/c2cccc3ccccc23)CC1. The Morgan fingerprint density at radius 3 is 2.68 bits per heavy atom. The lowest BCUT2D eigenvalue weighted by molar-refractivity contribution is -0.116. The van der Waals surface area contributed by atoms with Gasteiger partial charge in [-0.3, -0.25) is 4.79 Å². The number of nitrogens with zero attached hydrogens (tertiary/aromatic N) is 2. The Morgan fingerprint density at radius 1 is 1.08 bits per heavy atom. The van der Waals surface area contributed by atoms with Crippen molar-refractivity contribution in [2.45, 2.75) is 6.42 Å². The van der Waals surface area contributed by atoms with Gasteiger partial charge in [-0.05, 0) is 42.4 Å². The zero-order valence-corrected chi connectivity index (χ0v) is 14.9. The first kappa shape index (κ1) is 17.6. The molecule has 0 aromatic heterocycles. The summed E-state index contributed by atoms with van der Waals surface area (Å²) in [6.07, 6.45) is 4.54. The van der Waals surface area contributed by atoms with Gasteiger partial charge in [0.25, 0.3) is 0 Å². The van der Waals surface area contributed by atoms with Gasteiger partial charge < -0.3 is 15.1 Å². The van der Waals surface area contributed by atoms with Crippen molar-refractivity contribution in [2.24, 2.45) is 0 Å². The minimum absolute atomic E-state index is 0.0219. The van der Waals surface area contributed by atoms with Crippen LogP contribution in [-0.2, 0) is 4.79 Å². The van der Waals surface area contributed by atoms with Crippen molar-refractivity contribution < 1.29 is 4.79 Å². The van der Waals surface area contributed by atoms with Gasteiger partial charge in [0.15, 0.2) is 0 Å². The number of nitrogens with one attached hydrogen (secondary N) is 1. The molecular weight excluding hydrogens is 310 g/mol. The van der Waals surface area contributed by atoms with Crippen LogP contribution in [-0.4, -0.2) is 62.0 Å². The van der Waals surface area contributed by atoms with Gasteiger partial charge in [-0.25, -0.2) is 0 Å². The first-order chi connectivity index (χ1) is 12.2. The molecule has 1 heterocycles. The summed E-state index contributed by atoms with van der Waals surface area (Å²) in [5.41, 5.74) is 1.07. The molecule has 1 aliphatic heterocycles. The Bertz CT molecular complexity index is 728. The first-order valence-electron chi connectivity index (χ1n) is 9.07. The van der Waals surface area contributed by atoms with Crippen LogP contribution in [0.2, 0.25) is 0 Å². The van der Waals surface area contributed by atoms with E-state index in [0.717, 1.165) is 51.3 Å². The van der Waals surface area contributed by atoms with Crippen molar-refractivity contribution in [3.63, 3.8) is 0 Å². The summed E-state index contributed by atoms with van der Waals surface area (Å²) >= 11 is 0. The third-order valence-corrected chi connectivity index (χ3v) is 4.78. The minimum Gasteiger partial charge on any atom is -0.353 e. The number of amides is 1. The summed E-state index contributed by atoms with van der Waals surface area (Å²) in [5.74, 6) is -0.0219. The molecule has 25 heavy (non-hydrogen) atoms. The number of likely N-dealkylation sites (N-methyl/N-ethyl adjacent to an activating group) is 1. The van der Waals surface area contributed by atoms with Gasteiger partial charge in [-0.15, -0.1) is 0 Å². The minimum atomic E-state index is -0.0219. The van der Waals surface area contributed by atoms with Crippen LogP contribution >= 0.6 is 0 Å². The van der Waals surface area contributed by atoms with Crippen molar-refractivity contribution in [3.8, 4) is 0 Å². The molecule has 2 aromatic carbocycles. The van der Waals surface area contributed by atoms with Crippen LogP contribution in [0.5, 0.6) is 0 Å². The lowest BCUT2D eigenvalue weighted by Gasteiger charge is -2.32. The van der Waals surface area contributed by atoms with E-state index in [9.17, 15) is 4.79 Å². The van der Waals surface area contributed by atoms with Gasteiger partial charge in [-0.2, -0.15) is 0 Å². The van der Waals surface area contributed by atoms with E-state index in [-0.39, 0.29) is 5.91 Å². The van der Waals surface area contributed by atoms with Crippen molar-refractivity contribution in [1.29, 1.82) is 0 Å². The number of hydrogen-bond donors (Lipinski definition) is 1. The van der Waals surface area contributed by atoms with Gasteiger partial charge >= 0.3 is 0 Å². The number of hydrogen-bond acceptors (Lipinski definition) is 3. The van der Waals surface area contributed by atoms with Crippen molar-refractivity contribution in [2.75, 3.05) is 46.3 Å². The molecule has 1 N–H and O–H groups in total. The third-order valence-electron chi connectivity index (χ3n) is 4.78. The molecule has 1 amide bonds. The quantitative estimate of drug-likeness (QED) is 0.650. The van der Waals surface area contributed by atoms with E-state index in [1.807, 2.05) is 30.3 Å². The fourth-order valence-corrected chi connectivity index (χ4v) is 3.21. The molecule has 0 bridgehead atoms. The summed E-state index contributed by atoms with van der Waals surface area (Å²) in [7, 11) is 2.17. The topological polar surface area (TPSA) is 35.6 Å². The van der Waals surface area contributed by atoms with Crippen LogP contribution in [0.4, 0.5) is 0 Å². The molecule has 4 nitrogen and oxygen atoms in total. The van der Waals surface area contributed by atoms with Gasteiger partial charge in [0, 0.05) is 38.8 Å². The number of benzene rings is 2. The normalized spacial score (nSPS) is 16.5. The number of carbonyl (C=O) groups excluding carboxylic acids is 1. The highest BCUT2D eigenvalue weighted by Gasteiger charge is 2.12. The molecule has 3 rings (SSSR count). The number of fused-ring (bicyclic) bond motifs is 1. The molecule has 0 unspecified atom stereocenters. The maximum atomic E-state index is 12.0. The van der Waals surface area contributed by atoms with E-state index in [2.05, 4.69) is 40.4 Å². The number of carbonyl (C=O) groups is 1. The zero-order valence-electron chi connectivity index (χ0n) is 14.9. The van der Waals surface area contributed by atoms with Crippen molar-refractivity contribution in [3.05, 3.63) is 54.1 Å². The smallest absolute Gasteiger partial charge is 0.244 e. The molecule has 132 valence electrons. The van der Waals surface area contributed by atoms with E-state index in [1.165, 1.54) is 10.8 Å². The van der Waals surface area contributed by atoms with Crippen molar-refractivity contribution in [1.82, 2.24) is 15.1 Å². The molecule has 0 radical (unpaired) electrons. The van der Waals surface area contributed by atoms with Crippen LogP contribution in [0.15, 0.2) is 48.5 Å². The average molecular weight is 337 g/mol. The zero-order chi connectivity index (χ0) is 17.5. The largest absolute Gasteiger partial charge is 0.353 e. The van der Waals surface area contributed by atoms with E-state index < -0.39 is 0 Å². The Labute approximate surface area is 150 Å². The Morgan fingerprint density at radius 2 is 1.84 bits per heavy atom. The Kier molecular flexibility index (Phi) is 6.20. The first-order valence-corrected chi connectivity index (χ1v) is 9.07. The van der Waals surface area contributed by atoms with Gasteiger partial charge in [0.2, 0.25) is 5.91 Å². The highest BCUT2D eigenvalue weighted by molar-refractivity contribution is 5.96. The lowest BCUT2D eigenvalue weighted by Crippen LogP contribution is -2.45. The van der Waals surface area contributed by atoms with Crippen molar-refractivity contribution >= 4 is 22.8 Å². The Hall–Kier alpha value is -2.17. The molecule has 1 saturated heterocycles. The molecule has 0 aliphatic carbocycles. The number of rotatable bonds is 6. The van der Waals surface area contributed by atoms with Gasteiger partial charge in [0.1, 0.15) is 0 Å². The Balaban J connectivity index is 1.43. The van der Waals surface area contributed by atoms with Gasteiger partial charge in [0.05, 0.1) is 0 Å². The van der Waals surface area contributed by atoms with Crippen LogP contribution in [0.1, 0.15) is 12.0 Å². The summed E-state index contributed by atoms with van der Waals surface area (Å²) in [5, 5.41) is 5.35. The second-order valence-corrected chi connectivity index (χ2v) is 6.69. The second-order valence-electron chi connectivity index (χ2n) is 6.69. The standard InChI is InChI=1S/C21H27N3O/c1-23-14-16-24(17-15-23)13-5-12-22-21(25)11-10-19-8-4-7-18-6-2-3-9-20(18)19/h2-4,6-11H,5,12-17H2,1H3,(H,22,25)/b11-10+. The monoisotopic (exact) mass is 337 g/mol. The van der Waals surface area contributed by atoms with E-state index in [4.69, 9.17) is 0 Å². The molecule has 1 fully saturated rings. The van der Waals surface area contributed by atoms with Crippen LogP contribution in [0, 0.1) is 0 Å². The molecule has 0 atom stereocenters. The summed E-state index contributed by atoms with van der Waals surface area (Å²) in [4.78, 5) is 16.9. The predicted molar refractivity (Wildman–Crippen MR) is 105 cm³/mol. The fourth-order valence-electron chi connectivity index (χ4n) is 3.21. The third kappa shape index (κ3) is 5.15. The van der Waals surface area contributed by atoms with Crippen LogP contribution in [0.25, 0.3) is 16.8 Å². The van der Waals surface area contributed by atoms with Gasteiger partial charge in [-0.1, -0.05) is 42.5 Å². The van der Waals surface area contributed by atoms with Crippen LogP contribution in [0.3, 0.4) is 0 Å². The highest BCUT2D eigenvalue weighted by atomic mass is 16.1. The van der Waals surface area contributed by atoms with E-state index in [1.54, 1.807) is 6.08 Å². The highest BCUT2D eigenvalue weighted by Crippen LogP contribution is 2.19. The predicted octanol–water partition coefficient (Wildman–Crippen LogP) is 2.61. The number of piperazine rings is 1. The molecule has 1 aliphatic rings. The summed E-state index contributed by atoms with van der Waals surface area (Å²) in [6.45, 7) is 6.32. The second kappa shape index (κ2) is 8.79. The summed E-state index contributed by atoms with van der Waals surface area (Å²) < 4.78 is 0. The molecule has 2 aromatic rings. The molecule has 4 heteroatoms. The maximum absolute atomic E-state index is 12.0. The maximum Gasteiger partial charge on any atom is 0.244 e. The van der Waals surface area contributed by atoms with E-state index in [0.29, 0.717) is 0 Å². The summed E-state index contributed by atoms with van der Waals surface area (Å²) in [6, 6.07) is 14.4. The van der Waals surface area contributed by atoms with E-state index >= 15 is 0 Å². The average Bonchev–Trinajstić information content (AvgIpc) is 2.65. The van der Waals surface area contributed by atoms with Crippen LogP contribution < -0.4 is 5.32 Å².